The zero-order valence-corrected chi connectivity index (χ0v) is 12.6. The summed E-state index contributed by atoms with van der Waals surface area (Å²) < 4.78 is 14.4. The minimum atomic E-state index is -0.524. The van der Waals surface area contributed by atoms with Gasteiger partial charge in [-0.05, 0) is 24.1 Å². The highest BCUT2D eigenvalue weighted by Crippen LogP contribution is 2.29. The first-order valence-electron chi connectivity index (χ1n) is 5.79. The molecule has 0 N–H and O–H groups in total. The summed E-state index contributed by atoms with van der Waals surface area (Å²) in [5, 5.41) is 10.0. The predicted molar refractivity (Wildman–Crippen MR) is 79.5 cm³/mol. The highest BCUT2D eigenvalue weighted by Gasteiger charge is 2.14. The molecule has 2 rings (SSSR count). The lowest BCUT2D eigenvalue weighted by atomic mass is 10.0. The highest BCUT2D eigenvalue weighted by atomic mass is 79.9. The molecule has 0 radical (unpaired) electrons. The number of halogens is 3. The fourth-order valence-corrected chi connectivity index (χ4v) is 2.51. The van der Waals surface area contributed by atoms with Crippen molar-refractivity contribution in [3.8, 4) is 0 Å². The Morgan fingerprint density at radius 3 is 2.45 bits per heavy atom. The lowest BCUT2D eigenvalue weighted by Gasteiger charge is -2.11. The van der Waals surface area contributed by atoms with Crippen molar-refractivity contribution >= 4 is 33.2 Å². The third-order valence-corrected chi connectivity index (χ3v) is 3.74. The molecule has 0 fully saturated rings. The molecule has 0 aliphatic heterocycles. The maximum atomic E-state index is 13.8. The molecular weight excluding hydrogens is 349 g/mol. The highest BCUT2D eigenvalue weighted by molar-refractivity contribution is 9.10. The summed E-state index contributed by atoms with van der Waals surface area (Å²) in [5.41, 5.74) is 1.25. The molecule has 104 valence electrons. The fourth-order valence-electron chi connectivity index (χ4n) is 1.83. The average molecular weight is 359 g/mol. The lowest BCUT2D eigenvalue weighted by Crippen LogP contribution is -1.99. The van der Waals surface area contributed by atoms with Crippen LogP contribution in [0.5, 0.6) is 0 Å². The molecule has 0 aliphatic rings. The molecular formula is C14H10BrClFNO2. The van der Waals surface area contributed by atoms with E-state index < -0.39 is 10.3 Å². The van der Waals surface area contributed by atoms with Crippen molar-refractivity contribution in [1.82, 2.24) is 0 Å². The molecule has 0 amide bonds. The van der Waals surface area contributed by atoms with Crippen LogP contribution in [0.1, 0.15) is 16.5 Å². The van der Waals surface area contributed by atoms with E-state index in [0.717, 1.165) is 5.56 Å². The SMILES string of the molecule is O=[N+]([O-])c1ccc(CC(Cl)c2ccc(Br)cc2F)cc1. The van der Waals surface area contributed by atoms with Gasteiger partial charge in [-0.1, -0.05) is 34.1 Å². The van der Waals surface area contributed by atoms with Gasteiger partial charge in [-0.2, -0.15) is 0 Å². The van der Waals surface area contributed by atoms with Gasteiger partial charge < -0.3 is 0 Å². The third kappa shape index (κ3) is 3.55. The number of alkyl halides is 1. The second-order valence-corrected chi connectivity index (χ2v) is 5.70. The minimum Gasteiger partial charge on any atom is -0.258 e. The summed E-state index contributed by atoms with van der Waals surface area (Å²) in [6, 6.07) is 10.8. The molecule has 2 aromatic rings. The van der Waals surface area contributed by atoms with Gasteiger partial charge in [0.15, 0.2) is 0 Å². The van der Waals surface area contributed by atoms with Crippen molar-refractivity contribution in [2.45, 2.75) is 11.8 Å². The van der Waals surface area contributed by atoms with Crippen LogP contribution in [-0.2, 0) is 6.42 Å². The smallest absolute Gasteiger partial charge is 0.258 e. The van der Waals surface area contributed by atoms with Gasteiger partial charge in [0.1, 0.15) is 5.82 Å². The number of nitro benzene ring substituents is 1. The van der Waals surface area contributed by atoms with Crippen molar-refractivity contribution in [2.75, 3.05) is 0 Å². The summed E-state index contributed by atoms with van der Waals surface area (Å²) in [4.78, 5) is 10.1. The Morgan fingerprint density at radius 1 is 1.25 bits per heavy atom. The van der Waals surface area contributed by atoms with E-state index in [1.54, 1.807) is 24.3 Å². The van der Waals surface area contributed by atoms with E-state index in [1.165, 1.54) is 18.2 Å². The molecule has 1 unspecified atom stereocenters. The van der Waals surface area contributed by atoms with Gasteiger partial charge in [-0.3, -0.25) is 10.1 Å². The van der Waals surface area contributed by atoms with Crippen LogP contribution in [0.3, 0.4) is 0 Å². The molecule has 1 atom stereocenters. The van der Waals surface area contributed by atoms with E-state index >= 15 is 0 Å². The maximum absolute atomic E-state index is 13.8. The Labute approximate surface area is 128 Å². The first kappa shape index (κ1) is 14.9. The van der Waals surface area contributed by atoms with Crippen LogP contribution in [0.15, 0.2) is 46.9 Å². The van der Waals surface area contributed by atoms with Crippen LogP contribution in [-0.4, -0.2) is 4.92 Å². The maximum Gasteiger partial charge on any atom is 0.269 e. The van der Waals surface area contributed by atoms with Crippen molar-refractivity contribution in [3.63, 3.8) is 0 Å². The second kappa shape index (κ2) is 6.33. The van der Waals surface area contributed by atoms with Crippen molar-refractivity contribution in [3.05, 3.63) is 74.0 Å². The number of hydrogen-bond donors (Lipinski definition) is 0. The largest absolute Gasteiger partial charge is 0.269 e. The summed E-state index contributed by atoms with van der Waals surface area (Å²) in [6.07, 6.45) is 0.401. The number of hydrogen-bond acceptors (Lipinski definition) is 2. The predicted octanol–water partition coefficient (Wildman–Crippen LogP) is 5.02. The number of non-ortho nitro benzene ring substituents is 1. The summed E-state index contributed by atoms with van der Waals surface area (Å²) >= 11 is 9.40. The Kier molecular flexibility index (Phi) is 4.73. The first-order chi connectivity index (χ1) is 9.47. The molecule has 6 heteroatoms. The minimum absolute atomic E-state index is 0.0229. The van der Waals surface area contributed by atoms with Gasteiger partial charge in [-0.25, -0.2) is 4.39 Å². The van der Waals surface area contributed by atoms with Gasteiger partial charge in [0.05, 0.1) is 10.3 Å². The third-order valence-electron chi connectivity index (χ3n) is 2.86. The first-order valence-corrected chi connectivity index (χ1v) is 7.02. The Bertz CT molecular complexity index is 634. The summed E-state index contributed by atoms with van der Waals surface area (Å²) in [7, 11) is 0. The number of nitro groups is 1. The van der Waals surface area contributed by atoms with Crippen LogP contribution in [0, 0.1) is 15.9 Å². The van der Waals surface area contributed by atoms with Crippen molar-refractivity contribution in [2.24, 2.45) is 0 Å². The van der Waals surface area contributed by atoms with E-state index in [9.17, 15) is 14.5 Å². The van der Waals surface area contributed by atoms with E-state index in [-0.39, 0.29) is 11.5 Å². The zero-order chi connectivity index (χ0) is 14.7. The zero-order valence-electron chi connectivity index (χ0n) is 10.2. The Balaban J connectivity index is 2.14. The molecule has 2 aromatic carbocycles. The van der Waals surface area contributed by atoms with Crippen LogP contribution < -0.4 is 0 Å². The van der Waals surface area contributed by atoms with Gasteiger partial charge in [0, 0.05) is 22.2 Å². The van der Waals surface area contributed by atoms with Crippen LogP contribution >= 0.6 is 27.5 Å². The van der Waals surface area contributed by atoms with Crippen LogP contribution in [0.4, 0.5) is 10.1 Å². The Morgan fingerprint density at radius 2 is 1.90 bits per heavy atom. The van der Waals surface area contributed by atoms with Gasteiger partial charge >= 0.3 is 0 Å². The molecule has 0 saturated carbocycles. The lowest BCUT2D eigenvalue weighted by molar-refractivity contribution is -0.384. The normalized spacial score (nSPS) is 12.2. The van der Waals surface area contributed by atoms with Crippen LogP contribution in [0.25, 0.3) is 0 Å². The van der Waals surface area contributed by atoms with Gasteiger partial charge in [-0.15, -0.1) is 11.6 Å². The molecule has 0 spiro atoms. The quantitative estimate of drug-likeness (QED) is 0.437. The van der Waals surface area contributed by atoms with Crippen molar-refractivity contribution in [1.29, 1.82) is 0 Å². The molecule has 0 aromatic heterocycles. The summed E-state index contributed by atoms with van der Waals surface area (Å²) in [5.74, 6) is -0.374. The molecule has 20 heavy (non-hydrogen) atoms. The average Bonchev–Trinajstić information content (AvgIpc) is 2.39. The fraction of sp³-hybridized carbons (Fsp3) is 0.143. The number of nitrogens with zero attached hydrogens (tertiary/aromatic N) is 1. The van der Waals surface area contributed by atoms with Gasteiger partial charge in [0.25, 0.3) is 5.69 Å². The van der Waals surface area contributed by atoms with Gasteiger partial charge in [0.2, 0.25) is 0 Å². The molecule has 0 heterocycles. The summed E-state index contributed by atoms with van der Waals surface area (Å²) in [6.45, 7) is 0. The molecule has 0 saturated heterocycles. The molecule has 0 bridgehead atoms. The second-order valence-electron chi connectivity index (χ2n) is 4.26. The van der Waals surface area contributed by atoms with Crippen molar-refractivity contribution < 1.29 is 9.31 Å². The topological polar surface area (TPSA) is 43.1 Å². The molecule has 3 nitrogen and oxygen atoms in total. The van der Waals surface area contributed by atoms with E-state index in [4.69, 9.17) is 11.6 Å². The molecule has 0 aliphatic carbocycles. The Hall–Kier alpha value is -1.46. The standard InChI is InChI=1S/C14H10BrClFNO2/c15-10-3-6-12(14(17)8-10)13(16)7-9-1-4-11(5-2-9)18(19)20/h1-6,8,13H,7H2. The monoisotopic (exact) mass is 357 g/mol. The van der Waals surface area contributed by atoms with E-state index in [1.807, 2.05) is 0 Å². The van der Waals surface area contributed by atoms with Crippen LogP contribution in [0.2, 0.25) is 0 Å². The number of rotatable bonds is 4. The van der Waals surface area contributed by atoms with E-state index in [2.05, 4.69) is 15.9 Å². The number of benzene rings is 2. The van der Waals surface area contributed by atoms with E-state index in [0.29, 0.717) is 16.5 Å².